The van der Waals surface area contributed by atoms with Crippen molar-refractivity contribution in [1.29, 1.82) is 0 Å². The van der Waals surface area contributed by atoms with Crippen LogP contribution < -0.4 is 4.74 Å². The van der Waals surface area contributed by atoms with Gasteiger partial charge in [0, 0.05) is 21.5 Å². The Morgan fingerprint density at radius 1 is 0.939 bits per heavy atom. The van der Waals surface area contributed by atoms with Crippen molar-refractivity contribution in [2.75, 3.05) is 13.2 Å². The van der Waals surface area contributed by atoms with E-state index in [1.54, 1.807) is 12.1 Å². The van der Waals surface area contributed by atoms with Crippen LogP contribution >= 0.6 is 27.7 Å². The zero-order chi connectivity index (χ0) is 22.8. The standard InChI is InChI=1S/C26H18BrNO4S/c27-19-10-8-18(9-11-19)22-13-12-20(32-22)16-24-25(29)28(26(30)33-24)14-15-31-23-7-3-5-17-4-1-2-6-21(17)23/h1-13,16H,14-15H2/b24-16-. The molecule has 0 bridgehead atoms. The van der Waals surface area contributed by atoms with Crippen molar-refractivity contribution < 1.29 is 18.7 Å². The first-order chi connectivity index (χ1) is 16.1. The molecular weight excluding hydrogens is 502 g/mol. The Labute approximate surface area is 203 Å². The van der Waals surface area contributed by atoms with Gasteiger partial charge >= 0.3 is 0 Å². The van der Waals surface area contributed by atoms with Gasteiger partial charge in [-0.3, -0.25) is 14.5 Å². The number of benzene rings is 3. The number of furan rings is 1. The third-order valence-electron chi connectivity index (χ3n) is 5.22. The average Bonchev–Trinajstić information content (AvgIpc) is 3.39. The fraction of sp³-hybridized carbons (Fsp3) is 0.0769. The Hall–Kier alpha value is -3.29. The van der Waals surface area contributed by atoms with E-state index >= 15 is 0 Å². The lowest BCUT2D eigenvalue weighted by atomic mass is 10.1. The zero-order valence-electron chi connectivity index (χ0n) is 17.4. The van der Waals surface area contributed by atoms with Gasteiger partial charge in [-0.2, -0.15) is 0 Å². The molecule has 0 N–H and O–H groups in total. The van der Waals surface area contributed by atoms with Gasteiger partial charge in [0.1, 0.15) is 23.9 Å². The van der Waals surface area contributed by atoms with Crippen LogP contribution in [0.1, 0.15) is 5.76 Å². The van der Waals surface area contributed by atoms with E-state index in [9.17, 15) is 9.59 Å². The molecule has 0 spiro atoms. The summed E-state index contributed by atoms with van der Waals surface area (Å²) in [6.45, 7) is 0.390. The number of ether oxygens (including phenoxy) is 1. The van der Waals surface area contributed by atoms with E-state index < -0.39 is 0 Å². The molecule has 5 nitrogen and oxygen atoms in total. The molecule has 0 atom stereocenters. The summed E-state index contributed by atoms with van der Waals surface area (Å²) in [6, 6.07) is 25.1. The number of imide groups is 1. The highest BCUT2D eigenvalue weighted by Crippen LogP contribution is 2.33. The maximum atomic E-state index is 12.8. The van der Waals surface area contributed by atoms with Gasteiger partial charge in [0.25, 0.3) is 11.1 Å². The monoisotopic (exact) mass is 519 g/mol. The first kappa shape index (κ1) is 21.6. The molecule has 7 heteroatoms. The van der Waals surface area contributed by atoms with Gasteiger partial charge in [-0.15, -0.1) is 0 Å². The van der Waals surface area contributed by atoms with Gasteiger partial charge in [0.2, 0.25) is 0 Å². The first-order valence-corrected chi connectivity index (χ1v) is 11.9. The molecule has 164 valence electrons. The molecule has 1 fully saturated rings. The molecule has 1 aliphatic rings. The molecule has 1 aliphatic heterocycles. The smallest absolute Gasteiger partial charge is 0.293 e. The van der Waals surface area contributed by atoms with Gasteiger partial charge in [-0.25, -0.2) is 0 Å². The van der Waals surface area contributed by atoms with Gasteiger partial charge < -0.3 is 9.15 Å². The van der Waals surface area contributed by atoms with E-state index in [2.05, 4.69) is 15.9 Å². The van der Waals surface area contributed by atoms with E-state index in [0.29, 0.717) is 16.4 Å². The fourth-order valence-electron chi connectivity index (χ4n) is 3.59. The van der Waals surface area contributed by atoms with Crippen molar-refractivity contribution in [1.82, 2.24) is 4.90 Å². The molecule has 0 unspecified atom stereocenters. The molecule has 0 aliphatic carbocycles. The number of nitrogens with zero attached hydrogens (tertiary/aromatic N) is 1. The van der Waals surface area contributed by atoms with E-state index in [4.69, 9.17) is 9.15 Å². The summed E-state index contributed by atoms with van der Waals surface area (Å²) < 4.78 is 12.7. The minimum Gasteiger partial charge on any atom is -0.491 e. The molecule has 0 radical (unpaired) electrons. The predicted molar refractivity (Wildman–Crippen MR) is 134 cm³/mol. The Morgan fingerprint density at radius 3 is 2.58 bits per heavy atom. The third kappa shape index (κ3) is 4.60. The molecule has 2 amide bonds. The van der Waals surface area contributed by atoms with Crippen LogP contribution in [0.15, 0.2) is 92.7 Å². The summed E-state index contributed by atoms with van der Waals surface area (Å²) in [5.41, 5.74) is 0.927. The number of hydrogen-bond acceptors (Lipinski definition) is 5. The number of hydrogen-bond donors (Lipinski definition) is 0. The van der Waals surface area contributed by atoms with Gasteiger partial charge in [0.05, 0.1) is 11.4 Å². The summed E-state index contributed by atoms with van der Waals surface area (Å²) in [4.78, 5) is 26.8. The number of rotatable bonds is 6. The lowest BCUT2D eigenvalue weighted by Crippen LogP contribution is -2.32. The van der Waals surface area contributed by atoms with E-state index in [0.717, 1.165) is 38.3 Å². The summed E-state index contributed by atoms with van der Waals surface area (Å²) in [7, 11) is 0. The minimum atomic E-state index is -0.340. The van der Waals surface area contributed by atoms with Gasteiger partial charge in [-0.05, 0) is 47.5 Å². The van der Waals surface area contributed by atoms with Crippen molar-refractivity contribution in [3.8, 4) is 17.1 Å². The van der Waals surface area contributed by atoms with Crippen LogP contribution in [0.4, 0.5) is 4.79 Å². The molecule has 4 aromatic rings. The second kappa shape index (κ2) is 9.29. The van der Waals surface area contributed by atoms with Crippen LogP contribution in [0, 0.1) is 0 Å². The minimum absolute atomic E-state index is 0.174. The highest BCUT2D eigenvalue weighted by atomic mass is 79.9. The topological polar surface area (TPSA) is 59.8 Å². The number of carbonyl (C=O) groups is 2. The van der Waals surface area contributed by atoms with Crippen molar-refractivity contribution in [2.45, 2.75) is 0 Å². The van der Waals surface area contributed by atoms with Crippen molar-refractivity contribution in [3.63, 3.8) is 0 Å². The van der Waals surface area contributed by atoms with Crippen LogP contribution in [0.25, 0.3) is 28.2 Å². The summed E-state index contributed by atoms with van der Waals surface area (Å²) in [6.07, 6.45) is 1.61. The molecule has 1 aromatic heterocycles. The number of thioether (sulfide) groups is 1. The van der Waals surface area contributed by atoms with Crippen LogP contribution in [0.2, 0.25) is 0 Å². The van der Waals surface area contributed by atoms with Crippen LogP contribution in [-0.4, -0.2) is 29.2 Å². The van der Waals surface area contributed by atoms with E-state index in [1.165, 1.54) is 4.90 Å². The Bertz CT molecular complexity index is 1370. The van der Waals surface area contributed by atoms with E-state index in [-0.39, 0.29) is 24.3 Å². The Kier molecular flexibility index (Phi) is 6.07. The van der Waals surface area contributed by atoms with E-state index in [1.807, 2.05) is 72.8 Å². The molecular formula is C26H18BrNO4S. The predicted octanol–water partition coefficient (Wildman–Crippen LogP) is 6.98. The molecule has 33 heavy (non-hydrogen) atoms. The largest absolute Gasteiger partial charge is 0.491 e. The van der Waals surface area contributed by atoms with Gasteiger partial charge in [0.15, 0.2) is 0 Å². The maximum absolute atomic E-state index is 12.8. The summed E-state index contributed by atoms with van der Waals surface area (Å²) in [5.74, 6) is 1.60. The highest BCUT2D eigenvalue weighted by molar-refractivity contribution is 9.10. The molecule has 0 saturated carbocycles. The maximum Gasteiger partial charge on any atom is 0.293 e. The third-order valence-corrected chi connectivity index (χ3v) is 6.66. The van der Waals surface area contributed by atoms with Gasteiger partial charge in [-0.1, -0.05) is 64.5 Å². The quantitative estimate of drug-likeness (QED) is 0.257. The summed E-state index contributed by atoms with van der Waals surface area (Å²) >= 11 is 4.32. The van der Waals surface area contributed by atoms with Crippen molar-refractivity contribution in [3.05, 3.63) is 94.0 Å². The molecule has 3 aromatic carbocycles. The number of carbonyl (C=O) groups excluding carboxylic acids is 2. The number of amides is 2. The average molecular weight is 520 g/mol. The Morgan fingerprint density at radius 2 is 1.73 bits per heavy atom. The number of fused-ring (bicyclic) bond motifs is 1. The van der Waals surface area contributed by atoms with Crippen molar-refractivity contribution in [2.24, 2.45) is 0 Å². The fourth-order valence-corrected chi connectivity index (χ4v) is 4.70. The Balaban J connectivity index is 1.25. The number of halogens is 1. The second-order valence-electron chi connectivity index (χ2n) is 7.37. The molecule has 5 rings (SSSR count). The molecule has 2 heterocycles. The zero-order valence-corrected chi connectivity index (χ0v) is 19.8. The highest BCUT2D eigenvalue weighted by Gasteiger charge is 2.35. The first-order valence-electron chi connectivity index (χ1n) is 10.3. The van der Waals surface area contributed by atoms with Crippen molar-refractivity contribution >= 4 is 55.7 Å². The normalized spacial score (nSPS) is 15.1. The van der Waals surface area contributed by atoms with Crippen LogP contribution in [-0.2, 0) is 4.79 Å². The van der Waals surface area contributed by atoms with Crippen LogP contribution in [0.5, 0.6) is 5.75 Å². The molecule has 1 saturated heterocycles. The van der Waals surface area contributed by atoms with Crippen LogP contribution in [0.3, 0.4) is 0 Å². The second-order valence-corrected chi connectivity index (χ2v) is 9.28. The lowest BCUT2D eigenvalue weighted by molar-refractivity contribution is -0.123. The lowest BCUT2D eigenvalue weighted by Gasteiger charge is -2.14. The summed E-state index contributed by atoms with van der Waals surface area (Å²) in [5, 5.41) is 1.76. The SMILES string of the molecule is O=C1S/C(=C\c2ccc(-c3ccc(Br)cc3)o2)C(=O)N1CCOc1cccc2ccccc12.